The fourth-order valence-electron chi connectivity index (χ4n) is 2.81. The van der Waals surface area contributed by atoms with Gasteiger partial charge in [0.1, 0.15) is 5.69 Å². The van der Waals surface area contributed by atoms with Crippen LogP contribution in [0.4, 0.5) is 0 Å². The first-order valence-electron chi connectivity index (χ1n) is 6.93. The van der Waals surface area contributed by atoms with E-state index in [2.05, 4.69) is 4.98 Å². The van der Waals surface area contributed by atoms with Crippen LogP contribution in [-0.4, -0.2) is 40.0 Å². The summed E-state index contributed by atoms with van der Waals surface area (Å²) < 4.78 is 0. The molecule has 1 amide bonds. The maximum absolute atomic E-state index is 12.3. The molecule has 0 atom stereocenters. The van der Waals surface area contributed by atoms with Crippen LogP contribution < -0.4 is 0 Å². The number of amides is 1. The van der Waals surface area contributed by atoms with Crippen molar-refractivity contribution in [1.29, 1.82) is 0 Å². The zero-order valence-corrected chi connectivity index (χ0v) is 12.7. The number of carbonyl (C=O) groups is 2. The van der Waals surface area contributed by atoms with Gasteiger partial charge in [-0.15, -0.1) is 11.3 Å². The van der Waals surface area contributed by atoms with E-state index in [0.717, 1.165) is 11.4 Å². The molecule has 0 aliphatic carbocycles. The number of rotatable bonds is 4. The van der Waals surface area contributed by atoms with Crippen molar-refractivity contribution in [3.63, 3.8) is 0 Å². The summed E-state index contributed by atoms with van der Waals surface area (Å²) in [6, 6.07) is 0. The van der Waals surface area contributed by atoms with Crippen molar-refractivity contribution < 1.29 is 14.7 Å². The number of nitrogens with zero attached hydrogens (tertiary/aromatic N) is 2. The normalized spacial score (nSPS) is 18.0. The average Bonchev–Trinajstić information content (AvgIpc) is 2.85. The molecule has 0 spiro atoms. The fraction of sp³-hybridized carbons (Fsp3) is 0.643. The van der Waals surface area contributed by atoms with Gasteiger partial charge in [0.05, 0.1) is 10.4 Å². The molecule has 1 aliphatic heterocycles. The SMILES string of the molecule is CCCC1(C(=O)O)CCN(C(=O)c2csc(C)n2)CC1. The third-order valence-corrected chi connectivity index (χ3v) is 4.80. The molecular formula is C14H20N2O3S. The number of aromatic nitrogens is 1. The molecule has 5 nitrogen and oxygen atoms in total. The molecule has 1 fully saturated rings. The van der Waals surface area contributed by atoms with Crippen LogP contribution in [-0.2, 0) is 4.79 Å². The number of aliphatic carboxylic acids is 1. The van der Waals surface area contributed by atoms with E-state index in [4.69, 9.17) is 0 Å². The Kier molecular flexibility index (Phi) is 4.42. The summed E-state index contributed by atoms with van der Waals surface area (Å²) in [6.45, 7) is 4.87. The van der Waals surface area contributed by atoms with E-state index in [1.807, 2.05) is 13.8 Å². The van der Waals surface area contributed by atoms with Gasteiger partial charge in [-0.3, -0.25) is 9.59 Å². The largest absolute Gasteiger partial charge is 0.481 e. The van der Waals surface area contributed by atoms with Gasteiger partial charge >= 0.3 is 5.97 Å². The van der Waals surface area contributed by atoms with Gasteiger partial charge in [0.2, 0.25) is 0 Å². The number of carboxylic acids is 1. The number of likely N-dealkylation sites (tertiary alicyclic amines) is 1. The summed E-state index contributed by atoms with van der Waals surface area (Å²) in [5.74, 6) is -0.805. The molecule has 1 saturated heterocycles. The summed E-state index contributed by atoms with van der Waals surface area (Å²) in [7, 11) is 0. The van der Waals surface area contributed by atoms with Gasteiger partial charge in [0, 0.05) is 18.5 Å². The standard InChI is InChI=1S/C14H20N2O3S/c1-3-4-14(13(18)19)5-7-16(8-6-14)12(17)11-9-20-10(2)15-11/h9H,3-8H2,1-2H3,(H,18,19). The molecule has 2 heterocycles. The monoisotopic (exact) mass is 296 g/mol. The van der Waals surface area contributed by atoms with Crippen molar-refractivity contribution in [3.8, 4) is 0 Å². The number of aryl methyl sites for hydroxylation is 1. The van der Waals surface area contributed by atoms with Crippen molar-refractivity contribution in [3.05, 3.63) is 16.1 Å². The molecule has 1 aromatic heterocycles. The highest BCUT2D eigenvalue weighted by molar-refractivity contribution is 7.09. The molecule has 1 N–H and O–H groups in total. The minimum atomic E-state index is -0.726. The van der Waals surface area contributed by atoms with Crippen LogP contribution in [0, 0.1) is 12.3 Å². The second kappa shape index (κ2) is 5.91. The van der Waals surface area contributed by atoms with Crippen LogP contribution in [0.3, 0.4) is 0 Å². The third kappa shape index (κ3) is 2.85. The van der Waals surface area contributed by atoms with Crippen LogP contribution in [0.15, 0.2) is 5.38 Å². The lowest BCUT2D eigenvalue weighted by Gasteiger charge is -2.38. The van der Waals surface area contributed by atoms with Gasteiger partial charge in [-0.2, -0.15) is 0 Å². The molecule has 110 valence electrons. The summed E-state index contributed by atoms with van der Waals surface area (Å²) >= 11 is 1.46. The Morgan fingerprint density at radius 1 is 1.45 bits per heavy atom. The molecule has 0 radical (unpaired) electrons. The van der Waals surface area contributed by atoms with Crippen LogP contribution in [0.5, 0.6) is 0 Å². The Hall–Kier alpha value is -1.43. The number of hydrogen-bond acceptors (Lipinski definition) is 4. The van der Waals surface area contributed by atoms with E-state index >= 15 is 0 Å². The number of hydrogen-bond donors (Lipinski definition) is 1. The Morgan fingerprint density at radius 3 is 2.55 bits per heavy atom. The summed E-state index contributed by atoms with van der Waals surface area (Å²) in [5.41, 5.74) is -0.172. The van der Waals surface area contributed by atoms with E-state index in [1.165, 1.54) is 11.3 Å². The number of thiazole rings is 1. The topological polar surface area (TPSA) is 70.5 Å². The zero-order valence-electron chi connectivity index (χ0n) is 11.9. The number of carboxylic acid groups (broad SMARTS) is 1. The number of carbonyl (C=O) groups excluding carboxylic acids is 1. The lowest BCUT2D eigenvalue weighted by Crippen LogP contribution is -2.46. The van der Waals surface area contributed by atoms with E-state index < -0.39 is 11.4 Å². The maximum atomic E-state index is 12.3. The van der Waals surface area contributed by atoms with Crippen molar-refractivity contribution in [2.75, 3.05) is 13.1 Å². The van der Waals surface area contributed by atoms with Crippen LogP contribution in [0.25, 0.3) is 0 Å². The third-order valence-electron chi connectivity index (χ3n) is 4.03. The Morgan fingerprint density at radius 2 is 2.10 bits per heavy atom. The molecule has 6 heteroatoms. The Labute approximate surface area is 122 Å². The molecule has 0 saturated carbocycles. The van der Waals surface area contributed by atoms with Crippen molar-refractivity contribution in [2.45, 2.75) is 39.5 Å². The molecule has 20 heavy (non-hydrogen) atoms. The van der Waals surface area contributed by atoms with Gasteiger partial charge in [-0.25, -0.2) is 4.98 Å². The second-order valence-corrected chi connectivity index (χ2v) is 6.44. The lowest BCUT2D eigenvalue weighted by atomic mass is 9.75. The first-order valence-corrected chi connectivity index (χ1v) is 7.81. The van der Waals surface area contributed by atoms with Crippen LogP contribution in [0.2, 0.25) is 0 Å². The smallest absolute Gasteiger partial charge is 0.309 e. The highest BCUT2D eigenvalue weighted by atomic mass is 32.1. The molecule has 1 aliphatic rings. The minimum absolute atomic E-state index is 0.0789. The first kappa shape index (κ1) is 15.0. The van der Waals surface area contributed by atoms with Crippen molar-refractivity contribution in [1.82, 2.24) is 9.88 Å². The molecule has 0 unspecified atom stereocenters. The first-order chi connectivity index (χ1) is 9.48. The lowest BCUT2D eigenvalue weighted by molar-refractivity contribution is -0.152. The second-order valence-electron chi connectivity index (χ2n) is 5.38. The maximum Gasteiger partial charge on any atom is 0.309 e. The molecule has 1 aromatic rings. The highest BCUT2D eigenvalue weighted by Crippen LogP contribution is 2.36. The van der Waals surface area contributed by atoms with E-state index in [1.54, 1.807) is 10.3 Å². The van der Waals surface area contributed by atoms with Gasteiger partial charge in [0.15, 0.2) is 0 Å². The minimum Gasteiger partial charge on any atom is -0.481 e. The van der Waals surface area contributed by atoms with Gasteiger partial charge in [0.25, 0.3) is 5.91 Å². The van der Waals surface area contributed by atoms with Crippen molar-refractivity contribution in [2.24, 2.45) is 5.41 Å². The van der Waals surface area contributed by atoms with Gasteiger partial charge in [-0.05, 0) is 26.2 Å². The van der Waals surface area contributed by atoms with Crippen LogP contribution >= 0.6 is 11.3 Å². The molecule has 0 aromatic carbocycles. The average molecular weight is 296 g/mol. The van der Waals surface area contributed by atoms with E-state index in [9.17, 15) is 14.7 Å². The van der Waals surface area contributed by atoms with Crippen LogP contribution in [0.1, 0.15) is 48.1 Å². The summed E-state index contributed by atoms with van der Waals surface area (Å²) in [6.07, 6.45) is 2.60. The Bertz CT molecular complexity index is 504. The number of piperidine rings is 1. The summed E-state index contributed by atoms with van der Waals surface area (Å²) in [4.78, 5) is 29.7. The predicted molar refractivity (Wildman–Crippen MR) is 77.0 cm³/mol. The van der Waals surface area contributed by atoms with E-state index in [-0.39, 0.29) is 5.91 Å². The Balaban J connectivity index is 2.03. The quantitative estimate of drug-likeness (QED) is 0.927. The zero-order chi connectivity index (χ0) is 14.8. The summed E-state index contributed by atoms with van der Waals surface area (Å²) in [5, 5.41) is 12.1. The highest BCUT2D eigenvalue weighted by Gasteiger charge is 2.41. The van der Waals surface area contributed by atoms with Crippen molar-refractivity contribution >= 4 is 23.2 Å². The van der Waals surface area contributed by atoms with E-state index in [0.29, 0.717) is 38.0 Å². The fourth-order valence-corrected chi connectivity index (χ4v) is 3.40. The molecule has 0 bridgehead atoms. The predicted octanol–water partition coefficient (Wildman–Crippen LogP) is 2.56. The van der Waals surface area contributed by atoms with Gasteiger partial charge < -0.3 is 10.0 Å². The van der Waals surface area contributed by atoms with Gasteiger partial charge in [-0.1, -0.05) is 13.3 Å². The molecule has 2 rings (SSSR count). The molecular weight excluding hydrogens is 276 g/mol.